The van der Waals surface area contributed by atoms with E-state index in [1.807, 2.05) is 0 Å². The average Bonchev–Trinajstić information content (AvgIpc) is 1.80. The van der Waals surface area contributed by atoms with Gasteiger partial charge >= 0.3 is 109 Å². The molecule has 0 unspecified atom stereocenters. The Bertz CT molecular complexity index is 196. The molecule has 0 aromatic rings. The van der Waals surface area contributed by atoms with Gasteiger partial charge in [0.2, 0.25) is 0 Å². The first kappa shape index (κ1) is 21.9. The minimum absolute atomic E-state index is 0. The number of aliphatic carboxylic acids is 3. The Morgan fingerprint density at radius 3 is 1.47 bits per heavy atom. The zero-order valence-corrected chi connectivity index (χ0v) is 14.8. The van der Waals surface area contributed by atoms with Crippen molar-refractivity contribution < 1.29 is 132 Å². The van der Waals surface area contributed by atoms with Crippen LogP contribution in [0.25, 0.3) is 0 Å². The molecule has 0 amide bonds. The Balaban J connectivity index is -0.000000720. The molecular formula is C6H7K2NO6. The van der Waals surface area contributed by atoms with Crippen molar-refractivity contribution in [3.05, 3.63) is 0 Å². The molecule has 0 atom stereocenters. The molecule has 74 valence electrons. The number of rotatable bonds is 6. The summed E-state index contributed by atoms with van der Waals surface area (Å²) in [7, 11) is 0. The number of carboxylic acids is 3. The molecule has 0 rings (SSSR count). The van der Waals surface area contributed by atoms with E-state index in [4.69, 9.17) is 5.11 Å². The van der Waals surface area contributed by atoms with E-state index in [0.29, 0.717) is 4.90 Å². The fourth-order valence-corrected chi connectivity index (χ4v) is 0.724. The van der Waals surface area contributed by atoms with Gasteiger partial charge in [-0.3, -0.25) is 9.69 Å². The Morgan fingerprint density at radius 1 is 0.933 bits per heavy atom. The monoisotopic (exact) mass is 267 g/mol. The molecule has 0 saturated carbocycles. The van der Waals surface area contributed by atoms with Crippen molar-refractivity contribution in [3.8, 4) is 0 Å². The summed E-state index contributed by atoms with van der Waals surface area (Å²) in [5.41, 5.74) is 0. The van der Waals surface area contributed by atoms with Crippen LogP contribution in [0, 0.1) is 0 Å². The van der Waals surface area contributed by atoms with Crippen LogP contribution >= 0.6 is 0 Å². The molecule has 0 aromatic carbocycles. The van der Waals surface area contributed by atoms with E-state index >= 15 is 0 Å². The number of carbonyl (C=O) groups is 3. The second-order valence-electron chi connectivity index (χ2n) is 2.28. The van der Waals surface area contributed by atoms with E-state index in [1.54, 1.807) is 0 Å². The first-order chi connectivity index (χ1) is 5.91. The molecule has 0 aliphatic rings. The Labute approximate surface area is 171 Å². The fraction of sp³-hybridized carbons (Fsp3) is 0.500. The SMILES string of the molecule is O=C([O-])CN(CC(=O)[O-])CC(=O)O.[K+].[K+]. The third-order valence-corrected chi connectivity index (χ3v) is 1.06. The Kier molecular flexibility index (Phi) is 17.7. The maximum absolute atomic E-state index is 10.1. The van der Waals surface area contributed by atoms with Gasteiger partial charge in [-0.25, -0.2) is 0 Å². The molecule has 0 saturated heterocycles. The third kappa shape index (κ3) is 15.6. The predicted molar refractivity (Wildman–Crippen MR) is 34.1 cm³/mol. The number of nitrogens with zero attached hydrogens (tertiary/aromatic N) is 1. The van der Waals surface area contributed by atoms with Crippen molar-refractivity contribution in [2.24, 2.45) is 0 Å². The van der Waals surface area contributed by atoms with E-state index in [0.717, 1.165) is 0 Å². The van der Waals surface area contributed by atoms with E-state index in [9.17, 15) is 24.6 Å². The van der Waals surface area contributed by atoms with Crippen molar-refractivity contribution in [2.45, 2.75) is 0 Å². The summed E-state index contributed by atoms with van der Waals surface area (Å²) < 4.78 is 0. The summed E-state index contributed by atoms with van der Waals surface area (Å²) in [5.74, 6) is -4.40. The van der Waals surface area contributed by atoms with Gasteiger partial charge in [0.15, 0.2) is 0 Å². The van der Waals surface area contributed by atoms with Crippen molar-refractivity contribution in [1.82, 2.24) is 4.90 Å². The van der Waals surface area contributed by atoms with Crippen LogP contribution in [0.2, 0.25) is 0 Å². The van der Waals surface area contributed by atoms with Gasteiger partial charge in [-0.2, -0.15) is 0 Å². The zero-order chi connectivity index (χ0) is 10.4. The maximum Gasteiger partial charge on any atom is 1.00 e. The number of carboxylic acid groups (broad SMARTS) is 3. The van der Waals surface area contributed by atoms with Gasteiger partial charge in [-0.05, 0) is 0 Å². The minimum atomic E-state index is -1.54. The molecule has 0 bridgehead atoms. The largest absolute Gasteiger partial charge is 1.00 e. The molecular weight excluding hydrogens is 260 g/mol. The van der Waals surface area contributed by atoms with Crippen LogP contribution in [-0.4, -0.2) is 47.5 Å². The second kappa shape index (κ2) is 12.1. The first-order valence-corrected chi connectivity index (χ1v) is 3.25. The first-order valence-electron chi connectivity index (χ1n) is 3.25. The second-order valence-corrected chi connectivity index (χ2v) is 2.28. The van der Waals surface area contributed by atoms with Gasteiger partial charge in [-0.1, -0.05) is 0 Å². The molecule has 15 heavy (non-hydrogen) atoms. The van der Waals surface area contributed by atoms with Gasteiger partial charge in [0, 0.05) is 13.1 Å². The van der Waals surface area contributed by atoms with Crippen LogP contribution in [0.1, 0.15) is 0 Å². The fourth-order valence-electron chi connectivity index (χ4n) is 0.724. The topological polar surface area (TPSA) is 121 Å². The molecule has 0 aliphatic heterocycles. The summed E-state index contributed by atoms with van der Waals surface area (Å²) >= 11 is 0. The molecule has 7 nitrogen and oxygen atoms in total. The van der Waals surface area contributed by atoms with Crippen LogP contribution in [0.5, 0.6) is 0 Å². The van der Waals surface area contributed by atoms with Crippen molar-refractivity contribution >= 4 is 17.9 Å². The molecule has 0 fully saturated rings. The third-order valence-electron chi connectivity index (χ3n) is 1.06. The van der Waals surface area contributed by atoms with Gasteiger partial charge < -0.3 is 24.9 Å². The number of carbonyl (C=O) groups excluding carboxylic acids is 2. The van der Waals surface area contributed by atoms with E-state index in [-0.39, 0.29) is 103 Å². The van der Waals surface area contributed by atoms with E-state index in [1.165, 1.54) is 0 Å². The standard InChI is InChI=1S/C6H9NO6.2K/c8-4(9)1-7(2-5(10)11)3-6(12)13;;/h1-3H2,(H,8,9)(H,10,11)(H,12,13);;/q;2*+1/p-2. The van der Waals surface area contributed by atoms with Crippen LogP contribution < -0.4 is 113 Å². The summed E-state index contributed by atoms with van der Waals surface area (Å²) in [6.07, 6.45) is 0. The van der Waals surface area contributed by atoms with Crippen LogP contribution in [0.3, 0.4) is 0 Å². The minimum Gasteiger partial charge on any atom is -0.549 e. The molecule has 1 N–H and O–H groups in total. The van der Waals surface area contributed by atoms with Crippen molar-refractivity contribution in [2.75, 3.05) is 19.6 Å². The van der Waals surface area contributed by atoms with Gasteiger partial charge in [-0.15, -0.1) is 0 Å². The maximum atomic E-state index is 10.1. The van der Waals surface area contributed by atoms with Crippen molar-refractivity contribution in [1.29, 1.82) is 0 Å². The van der Waals surface area contributed by atoms with E-state index < -0.39 is 37.5 Å². The molecule has 9 heteroatoms. The predicted octanol–water partition coefficient (Wildman–Crippen LogP) is -10.1. The number of hydrogen-bond acceptors (Lipinski definition) is 6. The smallest absolute Gasteiger partial charge is 0.549 e. The summed E-state index contributed by atoms with van der Waals surface area (Å²) in [4.78, 5) is 30.8. The van der Waals surface area contributed by atoms with Gasteiger partial charge in [0.25, 0.3) is 0 Å². The molecule has 0 heterocycles. The van der Waals surface area contributed by atoms with E-state index in [2.05, 4.69) is 0 Å². The molecule has 0 radical (unpaired) electrons. The van der Waals surface area contributed by atoms with Gasteiger partial charge in [0.1, 0.15) is 0 Å². The summed E-state index contributed by atoms with van der Waals surface area (Å²) in [5, 5.41) is 28.3. The normalized spacial score (nSPS) is 8.60. The average molecular weight is 267 g/mol. The zero-order valence-electron chi connectivity index (χ0n) is 8.56. The summed E-state index contributed by atoms with van der Waals surface area (Å²) in [6, 6.07) is 0. The quantitative estimate of drug-likeness (QED) is 0.474. The van der Waals surface area contributed by atoms with Crippen molar-refractivity contribution in [3.63, 3.8) is 0 Å². The molecule has 0 spiro atoms. The van der Waals surface area contributed by atoms with Crippen LogP contribution in [-0.2, 0) is 14.4 Å². The Morgan fingerprint density at radius 2 is 1.27 bits per heavy atom. The molecule has 0 aliphatic carbocycles. The number of hydrogen-bond donors (Lipinski definition) is 1. The summed E-state index contributed by atoms with van der Waals surface area (Å²) in [6.45, 7) is -2.18. The van der Waals surface area contributed by atoms with Crippen LogP contribution in [0.4, 0.5) is 0 Å². The van der Waals surface area contributed by atoms with Gasteiger partial charge in [0.05, 0.1) is 18.5 Å². The van der Waals surface area contributed by atoms with Crippen LogP contribution in [0.15, 0.2) is 0 Å². The Hall–Kier alpha value is 1.64. The molecule has 0 aromatic heterocycles.